The Morgan fingerprint density at radius 2 is 1.95 bits per heavy atom. The molecule has 0 saturated heterocycles. The lowest BCUT2D eigenvalue weighted by Crippen LogP contribution is -2.57. The molecule has 0 bridgehead atoms. The first-order chi connectivity index (χ1) is 9.49. The summed E-state index contributed by atoms with van der Waals surface area (Å²) >= 11 is 0. The molecule has 0 spiro atoms. The van der Waals surface area contributed by atoms with E-state index < -0.39 is 5.41 Å². The molecule has 3 N–H and O–H groups in total. The molecule has 2 fully saturated rings. The summed E-state index contributed by atoms with van der Waals surface area (Å²) < 4.78 is 0. The molecule has 0 aromatic rings. The van der Waals surface area contributed by atoms with E-state index in [0.717, 1.165) is 6.54 Å². The minimum absolute atomic E-state index is 0.0245. The maximum absolute atomic E-state index is 12.7. The number of carbonyl (C=O) groups is 1. The molecule has 2 rings (SSSR count). The lowest BCUT2D eigenvalue weighted by Gasteiger charge is -2.46. The van der Waals surface area contributed by atoms with E-state index in [1.807, 2.05) is 7.05 Å². The third-order valence-electron chi connectivity index (χ3n) is 5.00. The van der Waals surface area contributed by atoms with Gasteiger partial charge in [-0.1, -0.05) is 31.3 Å². The fraction of sp³-hybridized carbons (Fsp3) is 0.867. The van der Waals surface area contributed by atoms with Crippen molar-refractivity contribution in [1.29, 1.82) is 0 Å². The summed E-state index contributed by atoms with van der Waals surface area (Å²) in [6.45, 7) is 2.89. The van der Waals surface area contributed by atoms with E-state index in [4.69, 9.17) is 10.9 Å². The fourth-order valence-electron chi connectivity index (χ4n) is 3.92. The maximum atomic E-state index is 12.7. The van der Waals surface area contributed by atoms with Crippen LogP contribution in [0, 0.1) is 17.3 Å². The zero-order valence-electron chi connectivity index (χ0n) is 12.6. The molecular formula is C15H27N3O2. The van der Waals surface area contributed by atoms with E-state index >= 15 is 0 Å². The SMILES string of the molecule is CC1CC(C(=O)N(C)CC2CCCCC2)(C(N)=NO)C1. The maximum Gasteiger partial charge on any atom is 0.236 e. The highest BCUT2D eigenvalue weighted by Gasteiger charge is 2.53. The molecule has 114 valence electrons. The number of nitrogens with zero attached hydrogens (tertiary/aromatic N) is 2. The molecule has 2 saturated carbocycles. The third kappa shape index (κ3) is 2.76. The highest BCUT2D eigenvalue weighted by atomic mass is 16.4. The van der Waals surface area contributed by atoms with Crippen molar-refractivity contribution in [3.63, 3.8) is 0 Å². The molecule has 0 atom stereocenters. The van der Waals surface area contributed by atoms with Gasteiger partial charge in [0, 0.05) is 13.6 Å². The van der Waals surface area contributed by atoms with Crippen LogP contribution < -0.4 is 5.73 Å². The smallest absolute Gasteiger partial charge is 0.236 e. The summed E-state index contributed by atoms with van der Waals surface area (Å²) in [6, 6.07) is 0. The van der Waals surface area contributed by atoms with E-state index in [2.05, 4.69) is 12.1 Å². The van der Waals surface area contributed by atoms with Gasteiger partial charge < -0.3 is 15.8 Å². The molecule has 20 heavy (non-hydrogen) atoms. The fourth-order valence-corrected chi connectivity index (χ4v) is 3.92. The Morgan fingerprint density at radius 3 is 2.45 bits per heavy atom. The van der Waals surface area contributed by atoms with Crippen LogP contribution in [0.1, 0.15) is 51.9 Å². The summed E-state index contributed by atoms with van der Waals surface area (Å²) in [7, 11) is 1.85. The summed E-state index contributed by atoms with van der Waals surface area (Å²) in [5, 5.41) is 12.1. The Labute approximate surface area is 121 Å². The first kappa shape index (κ1) is 15.1. The minimum atomic E-state index is -0.752. The Bertz CT molecular complexity index is 383. The van der Waals surface area contributed by atoms with Gasteiger partial charge in [0.15, 0.2) is 5.84 Å². The average molecular weight is 281 g/mol. The van der Waals surface area contributed by atoms with Gasteiger partial charge in [-0.25, -0.2) is 0 Å². The second-order valence-corrected chi connectivity index (χ2v) is 6.77. The van der Waals surface area contributed by atoms with E-state index in [-0.39, 0.29) is 11.7 Å². The number of rotatable bonds is 4. The Hall–Kier alpha value is -1.26. The number of hydrogen-bond acceptors (Lipinski definition) is 3. The van der Waals surface area contributed by atoms with Gasteiger partial charge in [-0.2, -0.15) is 0 Å². The van der Waals surface area contributed by atoms with Crippen molar-refractivity contribution in [1.82, 2.24) is 4.90 Å². The van der Waals surface area contributed by atoms with Crippen LogP contribution in [0.4, 0.5) is 0 Å². The number of oxime groups is 1. The van der Waals surface area contributed by atoms with Crippen LogP contribution in [0.5, 0.6) is 0 Å². The Morgan fingerprint density at radius 1 is 1.35 bits per heavy atom. The molecule has 0 radical (unpaired) electrons. The van der Waals surface area contributed by atoms with Crippen LogP contribution in [-0.2, 0) is 4.79 Å². The van der Waals surface area contributed by atoms with Crippen molar-refractivity contribution in [2.75, 3.05) is 13.6 Å². The topological polar surface area (TPSA) is 78.9 Å². The Kier molecular flexibility index (Phi) is 4.55. The van der Waals surface area contributed by atoms with E-state index in [9.17, 15) is 4.79 Å². The molecular weight excluding hydrogens is 254 g/mol. The summed E-state index contributed by atoms with van der Waals surface area (Å²) in [4.78, 5) is 14.5. The van der Waals surface area contributed by atoms with E-state index in [1.165, 1.54) is 32.1 Å². The largest absolute Gasteiger partial charge is 0.409 e. The number of carbonyl (C=O) groups excluding carboxylic acids is 1. The minimum Gasteiger partial charge on any atom is -0.409 e. The molecule has 0 aliphatic heterocycles. The van der Waals surface area contributed by atoms with Crippen LogP contribution >= 0.6 is 0 Å². The van der Waals surface area contributed by atoms with Crippen molar-refractivity contribution < 1.29 is 10.0 Å². The van der Waals surface area contributed by atoms with Gasteiger partial charge in [0.05, 0.1) is 0 Å². The summed E-state index contributed by atoms with van der Waals surface area (Å²) in [5.41, 5.74) is 5.05. The normalized spacial score (nSPS) is 31.7. The zero-order valence-corrected chi connectivity index (χ0v) is 12.6. The quantitative estimate of drug-likeness (QED) is 0.359. The zero-order chi connectivity index (χ0) is 14.8. The second-order valence-electron chi connectivity index (χ2n) is 6.77. The number of amidine groups is 1. The van der Waals surface area contributed by atoms with Gasteiger partial charge in [0.25, 0.3) is 0 Å². The molecule has 2 aliphatic carbocycles. The highest BCUT2D eigenvalue weighted by molar-refractivity contribution is 6.07. The van der Waals surface area contributed by atoms with Crippen LogP contribution in [-0.4, -0.2) is 35.4 Å². The van der Waals surface area contributed by atoms with Gasteiger partial charge in [0.1, 0.15) is 5.41 Å². The lowest BCUT2D eigenvalue weighted by atomic mass is 9.61. The molecule has 0 aromatic carbocycles. The monoisotopic (exact) mass is 281 g/mol. The van der Waals surface area contributed by atoms with Crippen LogP contribution in [0.3, 0.4) is 0 Å². The van der Waals surface area contributed by atoms with Crippen LogP contribution in [0.15, 0.2) is 5.16 Å². The molecule has 0 unspecified atom stereocenters. The van der Waals surface area contributed by atoms with E-state index in [0.29, 0.717) is 24.7 Å². The van der Waals surface area contributed by atoms with Gasteiger partial charge in [-0.05, 0) is 37.5 Å². The standard InChI is InChI=1S/C15H27N3O2/c1-11-8-15(9-11,13(16)17-20)14(19)18(2)10-12-6-4-3-5-7-12/h11-12,20H,3-10H2,1-2H3,(H2,16,17). The van der Waals surface area contributed by atoms with Gasteiger partial charge in [0.2, 0.25) is 5.91 Å². The second kappa shape index (κ2) is 6.02. The lowest BCUT2D eigenvalue weighted by molar-refractivity contribution is -0.143. The number of nitrogens with two attached hydrogens (primary N) is 1. The molecule has 0 heterocycles. The van der Waals surface area contributed by atoms with Gasteiger partial charge in [-0.15, -0.1) is 0 Å². The van der Waals surface area contributed by atoms with Crippen molar-refractivity contribution in [2.45, 2.75) is 51.9 Å². The van der Waals surface area contributed by atoms with Gasteiger partial charge in [-0.3, -0.25) is 4.79 Å². The van der Waals surface area contributed by atoms with Crippen molar-refractivity contribution in [3.05, 3.63) is 0 Å². The van der Waals surface area contributed by atoms with Crippen molar-refractivity contribution in [3.8, 4) is 0 Å². The highest BCUT2D eigenvalue weighted by Crippen LogP contribution is 2.47. The van der Waals surface area contributed by atoms with Crippen LogP contribution in [0.25, 0.3) is 0 Å². The van der Waals surface area contributed by atoms with Crippen molar-refractivity contribution in [2.24, 2.45) is 28.1 Å². The Balaban J connectivity index is 2.00. The van der Waals surface area contributed by atoms with Crippen molar-refractivity contribution >= 4 is 11.7 Å². The number of amides is 1. The molecule has 5 heteroatoms. The first-order valence-corrected chi connectivity index (χ1v) is 7.73. The molecule has 0 aromatic heterocycles. The molecule has 1 amide bonds. The number of hydrogen-bond donors (Lipinski definition) is 2. The predicted octanol–water partition coefficient (Wildman–Crippen LogP) is 2.19. The van der Waals surface area contributed by atoms with Crippen LogP contribution in [0.2, 0.25) is 0 Å². The molecule has 2 aliphatic rings. The predicted molar refractivity (Wildman–Crippen MR) is 78.5 cm³/mol. The summed E-state index contributed by atoms with van der Waals surface area (Å²) in [5.74, 6) is 1.18. The first-order valence-electron chi connectivity index (χ1n) is 7.73. The van der Waals surface area contributed by atoms with E-state index in [1.54, 1.807) is 4.90 Å². The van der Waals surface area contributed by atoms with Gasteiger partial charge >= 0.3 is 0 Å². The molecule has 5 nitrogen and oxygen atoms in total. The average Bonchev–Trinajstić information content (AvgIpc) is 2.43. The summed E-state index contributed by atoms with van der Waals surface area (Å²) in [6.07, 6.45) is 7.67. The third-order valence-corrected chi connectivity index (χ3v) is 5.00.